The molecule has 0 radical (unpaired) electrons. The van der Waals surface area contributed by atoms with E-state index in [0.29, 0.717) is 13.2 Å². The van der Waals surface area contributed by atoms with Gasteiger partial charge in [0.05, 0.1) is 18.2 Å². The standard InChI is InChI=1S/C10H18N2O2S.ClH/c1-10(2)6-12(3-4-14-10)9(13)8-5-15-7-11-8;/h8,11H,3-7H2,1-2H3;1H/t8-;/m1./s1. The quantitative estimate of drug-likeness (QED) is 0.759. The zero-order chi connectivity index (χ0) is 10.9. The number of hydrogen-bond acceptors (Lipinski definition) is 4. The average molecular weight is 267 g/mol. The fourth-order valence-electron chi connectivity index (χ4n) is 1.98. The Kier molecular flexibility index (Phi) is 4.91. The van der Waals surface area contributed by atoms with Gasteiger partial charge in [0.2, 0.25) is 5.91 Å². The van der Waals surface area contributed by atoms with Gasteiger partial charge in [0.15, 0.2) is 0 Å². The molecule has 2 aliphatic rings. The number of carbonyl (C=O) groups excluding carboxylic acids is 1. The van der Waals surface area contributed by atoms with Crippen LogP contribution in [0.1, 0.15) is 13.8 Å². The molecule has 1 atom stereocenters. The normalized spacial score (nSPS) is 28.6. The summed E-state index contributed by atoms with van der Waals surface area (Å²) >= 11 is 1.78. The van der Waals surface area contributed by atoms with Crippen molar-refractivity contribution < 1.29 is 9.53 Å². The molecule has 2 saturated heterocycles. The van der Waals surface area contributed by atoms with Crippen LogP contribution in [0.3, 0.4) is 0 Å². The summed E-state index contributed by atoms with van der Waals surface area (Å²) in [4.78, 5) is 14.0. The van der Waals surface area contributed by atoms with Crippen molar-refractivity contribution >= 4 is 30.1 Å². The topological polar surface area (TPSA) is 41.6 Å². The monoisotopic (exact) mass is 266 g/mol. The summed E-state index contributed by atoms with van der Waals surface area (Å²) in [7, 11) is 0. The SMILES string of the molecule is CC1(C)CN(C(=O)[C@H]2CSCN2)CCO1.Cl. The molecule has 1 N–H and O–H groups in total. The average Bonchev–Trinajstić information content (AvgIpc) is 2.67. The fraction of sp³-hybridized carbons (Fsp3) is 0.900. The van der Waals surface area contributed by atoms with Crippen LogP contribution in [0.25, 0.3) is 0 Å². The molecule has 0 saturated carbocycles. The van der Waals surface area contributed by atoms with Gasteiger partial charge >= 0.3 is 0 Å². The first kappa shape index (κ1) is 14.1. The van der Waals surface area contributed by atoms with E-state index >= 15 is 0 Å². The van der Waals surface area contributed by atoms with E-state index in [4.69, 9.17) is 4.74 Å². The molecule has 0 aromatic carbocycles. The molecule has 2 fully saturated rings. The van der Waals surface area contributed by atoms with Gasteiger partial charge in [-0.05, 0) is 13.8 Å². The van der Waals surface area contributed by atoms with Crippen LogP contribution in [0.2, 0.25) is 0 Å². The van der Waals surface area contributed by atoms with Crippen LogP contribution in [0, 0.1) is 0 Å². The van der Waals surface area contributed by atoms with Crippen molar-refractivity contribution in [3.05, 3.63) is 0 Å². The van der Waals surface area contributed by atoms with Crippen LogP contribution in [0.4, 0.5) is 0 Å². The van der Waals surface area contributed by atoms with Crippen molar-refractivity contribution in [2.75, 3.05) is 31.3 Å². The Morgan fingerprint density at radius 3 is 2.88 bits per heavy atom. The van der Waals surface area contributed by atoms with Gasteiger partial charge < -0.3 is 9.64 Å². The first-order valence-corrected chi connectivity index (χ1v) is 6.48. The molecule has 4 nitrogen and oxygen atoms in total. The third-order valence-corrected chi connectivity index (χ3v) is 3.69. The summed E-state index contributed by atoms with van der Waals surface area (Å²) in [6.07, 6.45) is 0. The lowest BCUT2D eigenvalue weighted by atomic mass is 10.1. The number of halogens is 1. The summed E-state index contributed by atoms with van der Waals surface area (Å²) in [6, 6.07) is 0.0175. The highest BCUT2D eigenvalue weighted by Gasteiger charge is 2.34. The Balaban J connectivity index is 0.00000128. The maximum Gasteiger partial charge on any atom is 0.240 e. The summed E-state index contributed by atoms with van der Waals surface area (Å²) < 4.78 is 5.59. The number of thioether (sulfide) groups is 1. The summed E-state index contributed by atoms with van der Waals surface area (Å²) in [5.74, 6) is 2.03. The van der Waals surface area contributed by atoms with E-state index in [2.05, 4.69) is 5.32 Å². The predicted molar refractivity (Wildman–Crippen MR) is 68.1 cm³/mol. The van der Waals surface area contributed by atoms with Gasteiger partial charge in [-0.25, -0.2) is 0 Å². The van der Waals surface area contributed by atoms with Gasteiger partial charge in [0, 0.05) is 24.7 Å². The molecule has 16 heavy (non-hydrogen) atoms. The lowest BCUT2D eigenvalue weighted by molar-refractivity contribution is -0.147. The van der Waals surface area contributed by atoms with E-state index in [1.165, 1.54) is 0 Å². The molecule has 2 heterocycles. The molecular weight excluding hydrogens is 248 g/mol. The second kappa shape index (κ2) is 5.58. The molecule has 0 spiro atoms. The van der Waals surface area contributed by atoms with Crippen LogP contribution in [-0.4, -0.2) is 53.8 Å². The zero-order valence-electron chi connectivity index (χ0n) is 9.69. The van der Waals surface area contributed by atoms with E-state index < -0.39 is 0 Å². The van der Waals surface area contributed by atoms with E-state index in [1.54, 1.807) is 11.8 Å². The maximum absolute atomic E-state index is 12.1. The molecule has 6 heteroatoms. The van der Waals surface area contributed by atoms with E-state index in [1.807, 2.05) is 18.7 Å². The van der Waals surface area contributed by atoms with Gasteiger partial charge in [-0.3, -0.25) is 10.1 Å². The van der Waals surface area contributed by atoms with E-state index in [9.17, 15) is 4.79 Å². The van der Waals surface area contributed by atoms with Crippen LogP contribution < -0.4 is 5.32 Å². The third kappa shape index (κ3) is 3.26. The molecule has 1 amide bonds. The Labute approximate surface area is 107 Å². The minimum atomic E-state index is -0.195. The Morgan fingerprint density at radius 1 is 1.56 bits per heavy atom. The number of ether oxygens (including phenoxy) is 1. The Hall–Kier alpha value is 0.0300. The fourth-order valence-corrected chi connectivity index (χ4v) is 2.91. The second-order valence-electron chi connectivity index (χ2n) is 4.64. The van der Waals surface area contributed by atoms with Gasteiger partial charge in [0.1, 0.15) is 0 Å². The van der Waals surface area contributed by atoms with Crippen molar-refractivity contribution in [2.45, 2.75) is 25.5 Å². The molecular formula is C10H19ClN2O2S. The first-order valence-electron chi connectivity index (χ1n) is 5.32. The Morgan fingerprint density at radius 2 is 2.31 bits per heavy atom. The lowest BCUT2D eigenvalue weighted by Crippen LogP contribution is -2.55. The van der Waals surface area contributed by atoms with Crippen molar-refractivity contribution in [2.24, 2.45) is 0 Å². The lowest BCUT2D eigenvalue weighted by Gasteiger charge is -2.39. The highest BCUT2D eigenvalue weighted by atomic mass is 35.5. The zero-order valence-corrected chi connectivity index (χ0v) is 11.3. The molecule has 2 aliphatic heterocycles. The third-order valence-electron chi connectivity index (χ3n) is 2.75. The molecule has 0 unspecified atom stereocenters. The van der Waals surface area contributed by atoms with Crippen LogP contribution >= 0.6 is 24.2 Å². The van der Waals surface area contributed by atoms with Crippen LogP contribution in [-0.2, 0) is 9.53 Å². The number of hydrogen-bond donors (Lipinski definition) is 1. The van der Waals surface area contributed by atoms with Gasteiger partial charge in [-0.15, -0.1) is 24.2 Å². The number of amides is 1. The number of carbonyl (C=O) groups is 1. The second-order valence-corrected chi connectivity index (χ2v) is 5.67. The molecule has 0 aromatic heterocycles. The Bertz CT molecular complexity index is 257. The molecule has 94 valence electrons. The maximum atomic E-state index is 12.1. The first-order chi connectivity index (χ1) is 7.08. The smallest absolute Gasteiger partial charge is 0.240 e. The van der Waals surface area contributed by atoms with Gasteiger partial charge in [-0.1, -0.05) is 0 Å². The number of nitrogens with one attached hydrogen (secondary N) is 1. The number of morpholine rings is 1. The van der Waals surface area contributed by atoms with Crippen LogP contribution in [0.5, 0.6) is 0 Å². The summed E-state index contributed by atoms with van der Waals surface area (Å²) in [5.41, 5.74) is -0.195. The minimum absolute atomic E-state index is 0. The highest BCUT2D eigenvalue weighted by Crippen LogP contribution is 2.19. The largest absolute Gasteiger partial charge is 0.372 e. The van der Waals surface area contributed by atoms with Crippen molar-refractivity contribution in [3.63, 3.8) is 0 Å². The van der Waals surface area contributed by atoms with Crippen molar-refractivity contribution in [3.8, 4) is 0 Å². The van der Waals surface area contributed by atoms with Crippen molar-refractivity contribution in [1.29, 1.82) is 0 Å². The highest BCUT2D eigenvalue weighted by molar-refractivity contribution is 7.99. The minimum Gasteiger partial charge on any atom is -0.372 e. The molecule has 0 bridgehead atoms. The summed E-state index contributed by atoms with van der Waals surface area (Å²) in [6.45, 7) is 6.14. The number of rotatable bonds is 1. The van der Waals surface area contributed by atoms with E-state index in [-0.39, 0.29) is 30.0 Å². The van der Waals surface area contributed by atoms with Gasteiger partial charge in [-0.2, -0.15) is 0 Å². The molecule has 2 rings (SSSR count). The summed E-state index contributed by atoms with van der Waals surface area (Å²) in [5, 5.41) is 3.21. The number of nitrogens with zero attached hydrogens (tertiary/aromatic N) is 1. The van der Waals surface area contributed by atoms with E-state index in [0.717, 1.165) is 18.2 Å². The van der Waals surface area contributed by atoms with Crippen LogP contribution in [0.15, 0.2) is 0 Å². The molecule has 0 aromatic rings. The van der Waals surface area contributed by atoms with Gasteiger partial charge in [0.25, 0.3) is 0 Å². The molecule has 0 aliphatic carbocycles. The van der Waals surface area contributed by atoms with Crippen molar-refractivity contribution in [1.82, 2.24) is 10.2 Å². The predicted octanol–water partition coefficient (Wildman–Crippen LogP) is 0.708.